The number of ether oxygens (including phenoxy) is 2. The van der Waals surface area contributed by atoms with E-state index in [9.17, 15) is 20.1 Å². The molecule has 7 heteroatoms. The molecule has 1 saturated heterocycles. The van der Waals surface area contributed by atoms with Gasteiger partial charge < -0.3 is 29.9 Å². The Morgan fingerprint density at radius 1 is 1.35 bits per heavy atom. The van der Waals surface area contributed by atoms with Crippen molar-refractivity contribution in [1.82, 2.24) is 0 Å². The second-order valence-electron chi connectivity index (χ2n) is 6.11. The number of Topliss-reactive ketones (excluding diaryl/α,β-unsaturated/α-hetero) is 1. The third kappa shape index (κ3) is 4.06. The van der Waals surface area contributed by atoms with Gasteiger partial charge in [-0.05, 0) is 30.4 Å². The third-order valence-electron chi connectivity index (χ3n) is 4.44. The van der Waals surface area contributed by atoms with E-state index < -0.39 is 37.3 Å². The molecule has 0 bridgehead atoms. The summed E-state index contributed by atoms with van der Waals surface area (Å²) in [5.74, 6) is 0.0475. The van der Waals surface area contributed by atoms with Crippen molar-refractivity contribution < 1.29 is 34.7 Å². The highest BCUT2D eigenvalue weighted by Gasteiger charge is 2.44. The Labute approximate surface area is 134 Å². The lowest BCUT2D eigenvalue weighted by Crippen LogP contribution is -2.59. The molecule has 0 aromatic heterocycles. The Kier molecular flexibility index (Phi) is 6.07. The molecule has 1 aliphatic heterocycles. The predicted octanol–water partition coefficient (Wildman–Crippen LogP) is -0.716. The van der Waals surface area contributed by atoms with Crippen LogP contribution in [-0.2, 0) is 14.3 Å². The maximum atomic E-state index is 11.7. The Morgan fingerprint density at radius 2 is 2.04 bits per heavy atom. The molecule has 7 nitrogen and oxygen atoms in total. The smallest absolute Gasteiger partial charge is 0.187 e. The van der Waals surface area contributed by atoms with E-state index in [1.165, 1.54) is 0 Å². The van der Waals surface area contributed by atoms with E-state index >= 15 is 0 Å². The second-order valence-corrected chi connectivity index (χ2v) is 6.11. The summed E-state index contributed by atoms with van der Waals surface area (Å²) in [4.78, 5) is 11.7. The van der Waals surface area contributed by atoms with Gasteiger partial charge in [0, 0.05) is 6.42 Å². The van der Waals surface area contributed by atoms with Gasteiger partial charge in [0.2, 0.25) is 0 Å². The van der Waals surface area contributed by atoms with Gasteiger partial charge in [0.15, 0.2) is 12.1 Å². The lowest BCUT2D eigenvalue weighted by atomic mass is 9.85. The van der Waals surface area contributed by atoms with Crippen molar-refractivity contribution >= 4 is 5.78 Å². The van der Waals surface area contributed by atoms with Crippen LogP contribution in [0.25, 0.3) is 0 Å². The van der Waals surface area contributed by atoms with E-state index in [4.69, 9.17) is 14.6 Å². The van der Waals surface area contributed by atoms with Crippen LogP contribution in [0.4, 0.5) is 0 Å². The van der Waals surface area contributed by atoms with Crippen LogP contribution in [0.5, 0.6) is 0 Å². The number of carbonyl (C=O) groups is 1. The predicted molar refractivity (Wildman–Crippen MR) is 80.3 cm³/mol. The number of allylic oxidation sites excluding steroid dienone is 2. The first-order valence-electron chi connectivity index (χ1n) is 7.65. The minimum absolute atomic E-state index is 0.0314. The molecule has 0 saturated carbocycles. The van der Waals surface area contributed by atoms with Crippen LogP contribution in [0.2, 0.25) is 0 Å². The zero-order chi connectivity index (χ0) is 17.1. The highest BCUT2D eigenvalue weighted by atomic mass is 16.7. The number of rotatable bonds is 5. The van der Waals surface area contributed by atoms with Crippen molar-refractivity contribution in [2.24, 2.45) is 5.92 Å². The standard InChI is InChI=1S/C16H24O7/c1-8-3-4-10(5-11(8)18)9(2)7-22-16-15(21)14(20)13(19)12(6-17)23-16/h3,10,12-17,19-21H,2,4-7H2,1H3/t10?,12-,13-,14+,15-,16-/m1/s1. The summed E-state index contributed by atoms with van der Waals surface area (Å²) in [5.41, 5.74) is 1.45. The van der Waals surface area contributed by atoms with Crippen LogP contribution in [-0.4, -0.2) is 70.1 Å². The van der Waals surface area contributed by atoms with E-state index in [1.807, 2.05) is 6.08 Å². The summed E-state index contributed by atoms with van der Waals surface area (Å²) in [6.45, 7) is 5.24. The monoisotopic (exact) mass is 328 g/mol. The van der Waals surface area contributed by atoms with Gasteiger partial charge in [-0.15, -0.1) is 0 Å². The highest BCUT2D eigenvalue weighted by Crippen LogP contribution is 2.28. The lowest BCUT2D eigenvalue weighted by molar-refractivity contribution is -0.299. The maximum absolute atomic E-state index is 11.7. The Balaban J connectivity index is 1.90. The van der Waals surface area contributed by atoms with Crippen LogP contribution < -0.4 is 0 Å². The molecule has 0 aromatic carbocycles. The van der Waals surface area contributed by atoms with Gasteiger partial charge >= 0.3 is 0 Å². The average molecular weight is 328 g/mol. The molecule has 2 rings (SSSR count). The fraction of sp³-hybridized carbons (Fsp3) is 0.688. The summed E-state index contributed by atoms with van der Waals surface area (Å²) < 4.78 is 10.7. The second kappa shape index (κ2) is 7.65. The zero-order valence-corrected chi connectivity index (χ0v) is 13.1. The van der Waals surface area contributed by atoms with Gasteiger partial charge in [-0.25, -0.2) is 0 Å². The van der Waals surface area contributed by atoms with E-state index in [2.05, 4.69) is 6.58 Å². The molecular formula is C16H24O7. The van der Waals surface area contributed by atoms with E-state index in [-0.39, 0.29) is 18.3 Å². The molecule has 6 atom stereocenters. The molecule has 0 spiro atoms. The van der Waals surface area contributed by atoms with Crippen molar-refractivity contribution in [1.29, 1.82) is 0 Å². The summed E-state index contributed by atoms with van der Waals surface area (Å²) in [7, 11) is 0. The van der Waals surface area contributed by atoms with Crippen LogP contribution >= 0.6 is 0 Å². The van der Waals surface area contributed by atoms with Crippen molar-refractivity contribution in [2.75, 3.05) is 13.2 Å². The summed E-state index contributed by atoms with van der Waals surface area (Å²) >= 11 is 0. The number of aliphatic hydroxyl groups excluding tert-OH is 4. The molecule has 0 amide bonds. The van der Waals surface area contributed by atoms with Crippen LogP contribution in [0.1, 0.15) is 19.8 Å². The molecule has 23 heavy (non-hydrogen) atoms. The van der Waals surface area contributed by atoms with E-state index in [0.717, 1.165) is 5.57 Å². The van der Waals surface area contributed by atoms with E-state index in [1.54, 1.807) is 6.92 Å². The Morgan fingerprint density at radius 3 is 2.65 bits per heavy atom. The fourth-order valence-electron chi connectivity index (χ4n) is 2.72. The molecule has 2 aliphatic rings. The van der Waals surface area contributed by atoms with Gasteiger partial charge in [-0.2, -0.15) is 0 Å². The van der Waals surface area contributed by atoms with Gasteiger partial charge in [0.25, 0.3) is 0 Å². The summed E-state index contributed by atoms with van der Waals surface area (Å²) in [6, 6.07) is 0. The van der Waals surface area contributed by atoms with Crippen LogP contribution in [0, 0.1) is 5.92 Å². The first-order valence-corrected chi connectivity index (χ1v) is 7.65. The fourth-order valence-corrected chi connectivity index (χ4v) is 2.72. The number of hydrogen-bond acceptors (Lipinski definition) is 7. The summed E-state index contributed by atoms with van der Waals surface area (Å²) in [5, 5.41) is 38.4. The lowest BCUT2D eigenvalue weighted by Gasteiger charge is -2.39. The molecule has 0 aromatic rings. The quantitative estimate of drug-likeness (QED) is 0.492. The average Bonchev–Trinajstić information content (AvgIpc) is 2.54. The molecule has 1 unspecified atom stereocenters. The van der Waals surface area contributed by atoms with E-state index in [0.29, 0.717) is 18.4 Å². The van der Waals surface area contributed by atoms with Crippen molar-refractivity contribution in [3.8, 4) is 0 Å². The number of aliphatic hydroxyl groups is 4. The number of carbonyl (C=O) groups excluding carboxylic acids is 1. The topological polar surface area (TPSA) is 116 Å². The van der Waals surface area contributed by atoms with Crippen molar-refractivity contribution in [3.63, 3.8) is 0 Å². The molecule has 130 valence electrons. The van der Waals surface area contributed by atoms with Crippen molar-refractivity contribution in [3.05, 3.63) is 23.8 Å². The van der Waals surface area contributed by atoms with Crippen LogP contribution in [0.15, 0.2) is 23.8 Å². The molecule has 1 heterocycles. The molecule has 0 radical (unpaired) electrons. The van der Waals surface area contributed by atoms with Crippen LogP contribution in [0.3, 0.4) is 0 Å². The highest BCUT2D eigenvalue weighted by molar-refractivity contribution is 5.95. The first-order chi connectivity index (χ1) is 10.8. The largest absolute Gasteiger partial charge is 0.394 e. The molecule has 1 fully saturated rings. The molecule has 1 aliphatic carbocycles. The van der Waals surface area contributed by atoms with Gasteiger partial charge in [-0.1, -0.05) is 12.7 Å². The number of hydrogen-bond donors (Lipinski definition) is 4. The Bertz CT molecular complexity index is 485. The van der Waals surface area contributed by atoms with Gasteiger partial charge in [0.1, 0.15) is 24.4 Å². The van der Waals surface area contributed by atoms with Gasteiger partial charge in [-0.3, -0.25) is 4.79 Å². The van der Waals surface area contributed by atoms with Gasteiger partial charge in [0.05, 0.1) is 13.2 Å². The van der Waals surface area contributed by atoms with Crippen molar-refractivity contribution in [2.45, 2.75) is 50.5 Å². The third-order valence-corrected chi connectivity index (χ3v) is 4.44. The molecule has 4 N–H and O–H groups in total. The normalized spacial score (nSPS) is 38.3. The number of ketones is 1. The summed E-state index contributed by atoms with van der Waals surface area (Å²) in [6.07, 6.45) is -3.56. The SMILES string of the molecule is C=C(CO[C@@H]1O[C@H](CO)[C@@H](O)[C@H](O)[C@H]1O)C1CC=C(C)C(=O)C1. The maximum Gasteiger partial charge on any atom is 0.187 e. The minimum atomic E-state index is -1.47. The zero-order valence-electron chi connectivity index (χ0n) is 13.1. The first kappa shape index (κ1) is 18.3. The molecular weight excluding hydrogens is 304 g/mol. The minimum Gasteiger partial charge on any atom is -0.394 e. The Hall–Kier alpha value is -1.09.